The van der Waals surface area contributed by atoms with Gasteiger partial charge in [-0.05, 0) is 17.7 Å². The lowest BCUT2D eigenvalue weighted by atomic mass is 9.94. The summed E-state index contributed by atoms with van der Waals surface area (Å²) in [6, 6.07) is 10.8. The molecular weight excluding hydrogens is 290 g/mol. The highest BCUT2D eigenvalue weighted by Crippen LogP contribution is 2.33. The van der Waals surface area contributed by atoms with Crippen LogP contribution in [-0.2, 0) is 0 Å². The minimum atomic E-state index is -0.696. The molecule has 0 spiro atoms. The fourth-order valence-electron chi connectivity index (χ4n) is 2.11. The lowest BCUT2D eigenvalue weighted by Crippen LogP contribution is -2.20. The molecule has 7 heteroatoms. The minimum absolute atomic E-state index is 0.0439. The highest BCUT2D eigenvalue weighted by molar-refractivity contribution is 7.80. The van der Waals surface area contributed by atoms with Crippen LogP contribution in [-0.4, -0.2) is 15.8 Å². The van der Waals surface area contributed by atoms with E-state index < -0.39 is 10.8 Å². The number of rotatable bonds is 4. The van der Waals surface area contributed by atoms with Crippen LogP contribution in [0.3, 0.4) is 0 Å². The van der Waals surface area contributed by atoms with Crippen LogP contribution in [0.25, 0.3) is 11.1 Å². The molecule has 2 rings (SSSR count). The largest absolute Gasteiger partial charge is 0.389 e. The van der Waals surface area contributed by atoms with Crippen LogP contribution >= 0.6 is 12.2 Å². The van der Waals surface area contributed by atoms with Crippen molar-refractivity contribution in [3.05, 3.63) is 63.7 Å². The number of thiocarbonyl (C=S) groups is 1. The van der Waals surface area contributed by atoms with Crippen molar-refractivity contribution < 1.29 is 9.72 Å². The first-order valence-electron chi connectivity index (χ1n) is 5.90. The summed E-state index contributed by atoms with van der Waals surface area (Å²) < 4.78 is 0. The third-order valence-electron chi connectivity index (χ3n) is 2.97. The summed E-state index contributed by atoms with van der Waals surface area (Å²) in [4.78, 5) is 22.1. The van der Waals surface area contributed by atoms with Gasteiger partial charge in [0.25, 0.3) is 5.69 Å². The van der Waals surface area contributed by atoms with Crippen LogP contribution in [0.2, 0.25) is 0 Å². The highest BCUT2D eigenvalue weighted by Gasteiger charge is 2.21. The van der Waals surface area contributed by atoms with Crippen molar-refractivity contribution in [2.24, 2.45) is 11.5 Å². The molecule has 0 radical (unpaired) electrons. The van der Waals surface area contributed by atoms with Crippen molar-refractivity contribution in [1.29, 1.82) is 0 Å². The summed E-state index contributed by atoms with van der Waals surface area (Å²) in [5, 5.41) is 11.1. The number of hydrogen-bond acceptors (Lipinski definition) is 4. The van der Waals surface area contributed by atoms with E-state index >= 15 is 0 Å². The van der Waals surface area contributed by atoms with E-state index in [1.807, 2.05) is 0 Å². The Morgan fingerprint density at radius 2 is 1.67 bits per heavy atom. The lowest BCUT2D eigenvalue weighted by Gasteiger charge is -2.12. The first-order valence-corrected chi connectivity index (χ1v) is 6.30. The van der Waals surface area contributed by atoms with Gasteiger partial charge in [0.05, 0.1) is 10.5 Å². The van der Waals surface area contributed by atoms with Crippen molar-refractivity contribution >= 4 is 28.8 Å². The third-order valence-corrected chi connectivity index (χ3v) is 3.17. The Bertz CT molecular complexity index is 759. The van der Waals surface area contributed by atoms with Crippen LogP contribution in [0.4, 0.5) is 5.69 Å². The Balaban J connectivity index is 2.82. The van der Waals surface area contributed by atoms with Crippen molar-refractivity contribution in [2.75, 3.05) is 0 Å². The van der Waals surface area contributed by atoms with Gasteiger partial charge in [-0.15, -0.1) is 0 Å². The summed E-state index contributed by atoms with van der Waals surface area (Å²) in [5.41, 5.74) is 12.0. The molecule has 4 N–H and O–H groups in total. The average molecular weight is 301 g/mol. The van der Waals surface area contributed by atoms with E-state index in [0.717, 1.165) is 0 Å². The Morgan fingerprint density at radius 3 is 2.24 bits per heavy atom. The quantitative estimate of drug-likeness (QED) is 0.509. The van der Waals surface area contributed by atoms with Crippen molar-refractivity contribution in [1.82, 2.24) is 0 Å². The second-order valence-electron chi connectivity index (χ2n) is 4.23. The summed E-state index contributed by atoms with van der Waals surface area (Å²) in [5.74, 6) is -0.696. The van der Waals surface area contributed by atoms with E-state index in [-0.39, 0.29) is 21.8 Å². The summed E-state index contributed by atoms with van der Waals surface area (Å²) in [6.45, 7) is 0. The molecule has 0 atom stereocenters. The number of carbonyl (C=O) groups excluding carboxylic acids is 1. The van der Waals surface area contributed by atoms with Gasteiger partial charge in [-0.2, -0.15) is 0 Å². The Hall–Kier alpha value is -2.80. The molecule has 2 aromatic carbocycles. The predicted molar refractivity (Wildman–Crippen MR) is 82.9 cm³/mol. The molecule has 0 aliphatic heterocycles. The van der Waals surface area contributed by atoms with Gasteiger partial charge in [0.1, 0.15) is 4.99 Å². The molecule has 0 bridgehead atoms. The zero-order valence-corrected chi connectivity index (χ0v) is 11.6. The smallest absolute Gasteiger partial charge is 0.277 e. The molecule has 0 fully saturated rings. The normalized spacial score (nSPS) is 10.1. The minimum Gasteiger partial charge on any atom is -0.389 e. The van der Waals surface area contributed by atoms with E-state index in [2.05, 4.69) is 0 Å². The number of carbonyl (C=O) groups is 1. The maximum Gasteiger partial charge on any atom is 0.277 e. The molecule has 21 heavy (non-hydrogen) atoms. The standard InChI is InChI=1S/C14H11N3O3S/c15-13(18)10-6-3-5-9(12(10)14(16)21)8-4-1-2-7-11(8)17(19)20/h1-7H,(H2,15,18)(H2,16,21). The number of nitrogens with two attached hydrogens (primary N) is 2. The van der Waals surface area contributed by atoms with Gasteiger partial charge in [0.15, 0.2) is 0 Å². The number of amides is 1. The summed E-state index contributed by atoms with van der Waals surface area (Å²) in [7, 11) is 0. The second kappa shape index (κ2) is 5.68. The number of primary amides is 1. The van der Waals surface area contributed by atoms with Crippen LogP contribution in [0.5, 0.6) is 0 Å². The van der Waals surface area contributed by atoms with E-state index in [9.17, 15) is 14.9 Å². The van der Waals surface area contributed by atoms with Gasteiger partial charge in [0, 0.05) is 17.2 Å². The van der Waals surface area contributed by atoms with Gasteiger partial charge in [-0.25, -0.2) is 0 Å². The second-order valence-corrected chi connectivity index (χ2v) is 4.67. The molecule has 1 amide bonds. The molecule has 0 heterocycles. The van der Waals surface area contributed by atoms with Gasteiger partial charge in [-0.1, -0.05) is 36.5 Å². The van der Waals surface area contributed by atoms with Gasteiger partial charge in [0.2, 0.25) is 5.91 Å². The van der Waals surface area contributed by atoms with E-state index in [1.54, 1.807) is 30.3 Å². The highest BCUT2D eigenvalue weighted by atomic mass is 32.1. The maximum atomic E-state index is 11.5. The number of hydrogen-bond donors (Lipinski definition) is 2. The molecule has 0 unspecified atom stereocenters. The fraction of sp³-hybridized carbons (Fsp3) is 0. The SMILES string of the molecule is NC(=O)c1cccc(-c2ccccc2[N+](=O)[O-])c1C(N)=S. The Kier molecular flexibility index (Phi) is 3.95. The molecule has 6 nitrogen and oxygen atoms in total. The Morgan fingerprint density at radius 1 is 1.05 bits per heavy atom. The molecule has 0 aromatic heterocycles. The predicted octanol–water partition coefficient (Wildman–Crippen LogP) is 1.99. The zero-order chi connectivity index (χ0) is 15.6. The number of nitro benzene ring substituents is 1. The molecule has 0 aliphatic rings. The van der Waals surface area contributed by atoms with Crippen LogP contribution in [0, 0.1) is 10.1 Å². The van der Waals surface area contributed by atoms with E-state index in [0.29, 0.717) is 11.1 Å². The van der Waals surface area contributed by atoms with Crippen LogP contribution in [0.1, 0.15) is 15.9 Å². The summed E-state index contributed by atoms with van der Waals surface area (Å²) in [6.07, 6.45) is 0. The van der Waals surface area contributed by atoms with Crippen LogP contribution in [0.15, 0.2) is 42.5 Å². The van der Waals surface area contributed by atoms with Crippen molar-refractivity contribution in [2.45, 2.75) is 0 Å². The average Bonchev–Trinajstić information content (AvgIpc) is 2.46. The van der Waals surface area contributed by atoms with Crippen molar-refractivity contribution in [3.8, 4) is 11.1 Å². The van der Waals surface area contributed by atoms with E-state index in [1.165, 1.54) is 12.1 Å². The number of nitro groups is 1. The third kappa shape index (κ3) is 2.72. The molecule has 2 aromatic rings. The zero-order valence-electron chi connectivity index (χ0n) is 10.8. The molecule has 106 valence electrons. The maximum absolute atomic E-state index is 11.5. The lowest BCUT2D eigenvalue weighted by molar-refractivity contribution is -0.384. The van der Waals surface area contributed by atoms with Gasteiger partial charge >= 0.3 is 0 Å². The molecule has 0 aliphatic carbocycles. The fourth-order valence-corrected chi connectivity index (χ4v) is 2.33. The van der Waals surface area contributed by atoms with Gasteiger partial charge in [-0.3, -0.25) is 14.9 Å². The van der Waals surface area contributed by atoms with E-state index in [4.69, 9.17) is 23.7 Å². The number of para-hydroxylation sites is 1. The van der Waals surface area contributed by atoms with Crippen LogP contribution < -0.4 is 11.5 Å². The monoisotopic (exact) mass is 301 g/mol. The topological polar surface area (TPSA) is 112 Å². The number of benzene rings is 2. The molecular formula is C14H11N3O3S. The van der Waals surface area contributed by atoms with Crippen molar-refractivity contribution in [3.63, 3.8) is 0 Å². The van der Waals surface area contributed by atoms with Gasteiger partial charge < -0.3 is 11.5 Å². The molecule has 0 saturated heterocycles. The number of nitrogens with zero attached hydrogens (tertiary/aromatic N) is 1. The first kappa shape index (κ1) is 14.6. The summed E-state index contributed by atoms with van der Waals surface area (Å²) >= 11 is 4.97. The molecule has 0 saturated carbocycles. The first-order chi connectivity index (χ1) is 9.93. The Labute approximate surface area is 125 Å².